The lowest BCUT2D eigenvalue weighted by Gasteiger charge is -2.16. The van der Waals surface area contributed by atoms with E-state index in [0.717, 1.165) is 19.0 Å². The second-order valence-electron chi connectivity index (χ2n) is 8.25. The molecule has 17 heteroatoms. The molecular formula is C22H18F6N6O5. The molecule has 4 rings (SSSR count). The standard InChI is InChI=1S/C22H18F6N6O5/c1-10(31-19(35)12-5-13(38-21(23,24)25)7-14(6-12)39-22(26,27)28)18-32-17(11-3-4-11)33-34(18)16-9-29-15(8-30-16)20(36)37-2/h5-11H,3-4H2,1-2H3,(H,31,35)/t10-/m0/s1. The third-order valence-electron chi connectivity index (χ3n) is 5.19. The quantitative estimate of drug-likeness (QED) is 0.321. The van der Waals surface area contributed by atoms with Gasteiger partial charge >= 0.3 is 18.7 Å². The summed E-state index contributed by atoms with van der Waals surface area (Å²) in [4.78, 5) is 37.1. The molecule has 1 N–H and O–H groups in total. The van der Waals surface area contributed by atoms with E-state index in [1.54, 1.807) is 0 Å². The normalized spacial score (nSPS) is 14.5. The number of nitrogens with one attached hydrogen (secondary N) is 1. The molecule has 0 saturated heterocycles. The summed E-state index contributed by atoms with van der Waals surface area (Å²) >= 11 is 0. The summed E-state index contributed by atoms with van der Waals surface area (Å²) in [6.07, 6.45) is -6.47. The summed E-state index contributed by atoms with van der Waals surface area (Å²) in [5.74, 6) is -3.21. The van der Waals surface area contributed by atoms with Crippen molar-refractivity contribution >= 4 is 11.9 Å². The first-order valence-corrected chi connectivity index (χ1v) is 11.1. The summed E-state index contributed by atoms with van der Waals surface area (Å²) in [5, 5.41) is 6.85. The van der Waals surface area contributed by atoms with E-state index >= 15 is 0 Å². The molecule has 1 aliphatic rings. The number of methoxy groups -OCH3 is 1. The van der Waals surface area contributed by atoms with Gasteiger partial charge in [-0.25, -0.2) is 19.7 Å². The van der Waals surface area contributed by atoms with Gasteiger partial charge in [-0.1, -0.05) is 0 Å². The van der Waals surface area contributed by atoms with Gasteiger partial charge in [0, 0.05) is 17.5 Å². The first-order valence-electron chi connectivity index (χ1n) is 11.1. The summed E-state index contributed by atoms with van der Waals surface area (Å²) in [6.45, 7) is 1.47. The van der Waals surface area contributed by atoms with E-state index in [0.29, 0.717) is 24.0 Å². The van der Waals surface area contributed by atoms with E-state index < -0.39 is 47.7 Å². The smallest absolute Gasteiger partial charge is 0.464 e. The van der Waals surface area contributed by atoms with Crippen molar-refractivity contribution in [1.29, 1.82) is 0 Å². The number of carbonyl (C=O) groups excluding carboxylic acids is 2. The number of ether oxygens (including phenoxy) is 3. The highest BCUT2D eigenvalue weighted by atomic mass is 19.4. The fraction of sp³-hybridized carbons (Fsp3) is 0.364. The first-order chi connectivity index (χ1) is 18.2. The van der Waals surface area contributed by atoms with Gasteiger partial charge in [0.15, 0.2) is 23.2 Å². The van der Waals surface area contributed by atoms with Crippen LogP contribution in [0, 0.1) is 0 Å². The summed E-state index contributed by atoms with van der Waals surface area (Å²) in [6, 6.07) is 0.585. The zero-order valence-corrected chi connectivity index (χ0v) is 20.0. The molecule has 1 amide bonds. The van der Waals surface area contributed by atoms with Gasteiger partial charge in [0.05, 0.1) is 25.5 Å². The second kappa shape index (κ2) is 10.4. The van der Waals surface area contributed by atoms with E-state index in [-0.39, 0.29) is 23.3 Å². The van der Waals surface area contributed by atoms with E-state index in [9.17, 15) is 35.9 Å². The molecule has 0 aliphatic heterocycles. The fourth-order valence-corrected chi connectivity index (χ4v) is 3.38. The van der Waals surface area contributed by atoms with E-state index in [4.69, 9.17) is 0 Å². The highest BCUT2D eigenvalue weighted by Gasteiger charge is 2.35. The summed E-state index contributed by atoms with van der Waals surface area (Å²) < 4.78 is 89.4. The Balaban J connectivity index is 1.62. The van der Waals surface area contributed by atoms with E-state index in [1.807, 2.05) is 0 Å². The Morgan fingerprint density at radius 1 is 1.00 bits per heavy atom. The maximum absolute atomic E-state index is 12.9. The largest absolute Gasteiger partial charge is 0.573 e. The van der Waals surface area contributed by atoms with Crippen molar-refractivity contribution in [2.45, 2.75) is 44.4 Å². The Morgan fingerprint density at radius 3 is 2.10 bits per heavy atom. The van der Waals surface area contributed by atoms with Crippen molar-refractivity contribution in [3.8, 4) is 17.3 Å². The van der Waals surface area contributed by atoms with Crippen LogP contribution in [0.15, 0.2) is 30.6 Å². The van der Waals surface area contributed by atoms with Crippen LogP contribution in [0.1, 0.15) is 64.2 Å². The minimum atomic E-state index is -5.24. The topological polar surface area (TPSA) is 130 Å². The van der Waals surface area contributed by atoms with Gasteiger partial charge in [0.1, 0.15) is 11.5 Å². The number of hydrogen-bond acceptors (Lipinski definition) is 9. The molecule has 2 aromatic heterocycles. The van der Waals surface area contributed by atoms with Crippen molar-refractivity contribution in [3.63, 3.8) is 0 Å². The van der Waals surface area contributed by atoms with Crippen LogP contribution in [0.3, 0.4) is 0 Å². The molecule has 1 saturated carbocycles. The van der Waals surface area contributed by atoms with Crippen LogP contribution >= 0.6 is 0 Å². The first kappa shape index (κ1) is 27.6. The zero-order chi connectivity index (χ0) is 28.5. The number of hydrogen-bond donors (Lipinski definition) is 1. The SMILES string of the molecule is COC(=O)c1cnc(-n2nc(C3CC3)nc2[C@H](C)NC(=O)c2cc(OC(F)(F)F)cc(OC(F)(F)F)c2)cn1. The fourth-order valence-electron chi connectivity index (χ4n) is 3.38. The van der Waals surface area contributed by atoms with Crippen LogP contribution in [-0.2, 0) is 4.74 Å². The Hall–Kier alpha value is -4.44. The number of halogens is 6. The van der Waals surface area contributed by atoms with Crippen LogP contribution in [0.2, 0.25) is 0 Å². The maximum atomic E-state index is 12.9. The maximum Gasteiger partial charge on any atom is 0.573 e. The molecule has 1 fully saturated rings. The molecule has 2 heterocycles. The highest BCUT2D eigenvalue weighted by Crippen LogP contribution is 2.39. The Bertz CT molecular complexity index is 1340. The van der Waals surface area contributed by atoms with Crippen molar-refractivity contribution in [1.82, 2.24) is 30.0 Å². The molecule has 0 bridgehead atoms. The molecular weight excluding hydrogens is 542 g/mol. The Labute approximate surface area is 215 Å². The summed E-state index contributed by atoms with van der Waals surface area (Å²) in [7, 11) is 1.17. The van der Waals surface area contributed by atoms with Crippen LogP contribution < -0.4 is 14.8 Å². The predicted molar refractivity (Wildman–Crippen MR) is 116 cm³/mol. The average molecular weight is 560 g/mol. The minimum Gasteiger partial charge on any atom is -0.464 e. The van der Waals surface area contributed by atoms with Crippen LogP contribution in [0.4, 0.5) is 26.3 Å². The number of rotatable bonds is 8. The summed E-state index contributed by atoms with van der Waals surface area (Å²) in [5.41, 5.74) is -0.692. The third kappa shape index (κ3) is 7.11. The Kier molecular flexibility index (Phi) is 7.34. The van der Waals surface area contributed by atoms with Gasteiger partial charge in [-0.2, -0.15) is 4.68 Å². The number of amides is 1. The van der Waals surface area contributed by atoms with Crippen LogP contribution in [0.5, 0.6) is 11.5 Å². The predicted octanol–water partition coefficient (Wildman–Crippen LogP) is 4.01. The lowest BCUT2D eigenvalue weighted by molar-refractivity contribution is -0.276. The molecule has 1 atom stereocenters. The number of benzene rings is 1. The van der Waals surface area contributed by atoms with Gasteiger partial charge in [0.25, 0.3) is 5.91 Å². The van der Waals surface area contributed by atoms with Gasteiger partial charge in [-0.05, 0) is 31.9 Å². The second-order valence-corrected chi connectivity index (χ2v) is 8.25. The van der Waals surface area contributed by atoms with E-state index in [2.05, 4.69) is 39.6 Å². The van der Waals surface area contributed by atoms with Crippen molar-refractivity contribution in [2.75, 3.05) is 7.11 Å². The van der Waals surface area contributed by atoms with Gasteiger partial charge < -0.3 is 19.5 Å². The molecule has 11 nitrogen and oxygen atoms in total. The van der Waals surface area contributed by atoms with Crippen molar-refractivity contribution < 1.29 is 50.1 Å². The molecule has 0 spiro atoms. The third-order valence-corrected chi connectivity index (χ3v) is 5.19. The van der Waals surface area contributed by atoms with Crippen LogP contribution in [0.25, 0.3) is 5.82 Å². The van der Waals surface area contributed by atoms with Crippen molar-refractivity contribution in [3.05, 3.63) is 53.5 Å². The molecule has 39 heavy (non-hydrogen) atoms. The average Bonchev–Trinajstić information content (AvgIpc) is 3.59. The van der Waals surface area contributed by atoms with Gasteiger partial charge in [-0.3, -0.25) is 4.79 Å². The number of nitrogens with zero attached hydrogens (tertiary/aromatic N) is 5. The molecule has 1 aliphatic carbocycles. The van der Waals surface area contributed by atoms with E-state index in [1.165, 1.54) is 24.9 Å². The lowest BCUT2D eigenvalue weighted by atomic mass is 10.1. The monoisotopic (exact) mass is 560 g/mol. The number of esters is 1. The van der Waals surface area contributed by atoms with Crippen molar-refractivity contribution in [2.24, 2.45) is 0 Å². The molecule has 208 valence electrons. The van der Waals surface area contributed by atoms with Crippen LogP contribution in [-0.4, -0.2) is 56.4 Å². The zero-order valence-electron chi connectivity index (χ0n) is 20.0. The number of alkyl halides is 6. The lowest BCUT2D eigenvalue weighted by Crippen LogP contribution is -2.29. The molecule has 1 aromatic carbocycles. The Morgan fingerprint density at radius 2 is 1.62 bits per heavy atom. The highest BCUT2D eigenvalue weighted by molar-refractivity contribution is 5.95. The molecule has 3 aromatic rings. The number of aromatic nitrogens is 5. The number of carbonyl (C=O) groups is 2. The minimum absolute atomic E-state index is 0.0634. The molecule has 0 radical (unpaired) electrons. The van der Waals surface area contributed by atoms with Gasteiger partial charge in [-0.15, -0.1) is 31.4 Å². The molecule has 0 unspecified atom stereocenters. The van der Waals surface area contributed by atoms with Gasteiger partial charge in [0.2, 0.25) is 0 Å².